The molecule has 1 heterocycles. The number of oxazole rings is 1. The fraction of sp³-hybridized carbons (Fsp3) is 0.133. The van der Waals surface area contributed by atoms with Gasteiger partial charge in [0.25, 0.3) is 0 Å². The van der Waals surface area contributed by atoms with Gasteiger partial charge in [0.1, 0.15) is 5.52 Å². The summed E-state index contributed by atoms with van der Waals surface area (Å²) in [5, 5.41) is 0.705. The number of nitrogens with zero attached hydrogens (tertiary/aromatic N) is 1. The molecular weight excluding hydrogens is 260 g/mol. The third-order valence-electron chi connectivity index (χ3n) is 3.20. The third-order valence-corrected chi connectivity index (χ3v) is 3.61. The number of nitrogen functional groups attached to an aromatic ring is 1. The van der Waals surface area contributed by atoms with Crippen LogP contribution in [-0.4, -0.2) is 4.98 Å². The molecular formula is C15H13ClN2O. The van der Waals surface area contributed by atoms with Gasteiger partial charge in [-0.3, -0.25) is 0 Å². The molecule has 3 nitrogen and oxygen atoms in total. The molecule has 0 amide bonds. The van der Waals surface area contributed by atoms with Gasteiger partial charge in [-0.25, -0.2) is 4.98 Å². The summed E-state index contributed by atoms with van der Waals surface area (Å²) in [4.78, 5) is 4.50. The van der Waals surface area contributed by atoms with Crippen molar-refractivity contribution in [2.24, 2.45) is 0 Å². The van der Waals surface area contributed by atoms with Crippen molar-refractivity contribution in [1.29, 1.82) is 0 Å². The van der Waals surface area contributed by atoms with E-state index in [1.54, 1.807) is 0 Å². The van der Waals surface area contributed by atoms with Crippen LogP contribution in [0.5, 0.6) is 0 Å². The number of rotatable bonds is 1. The van der Waals surface area contributed by atoms with E-state index in [4.69, 9.17) is 21.8 Å². The number of fused-ring (bicyclic) bond motifs is 1. The first-order chi connectivity index (χ1) is 9.06. The second-order valence-corrected chi connectivity index (χ2v) is 5.02. The summed E-state index contributed by atoms with van der Waals surface area (Å²) in [6.07, 6.45) is 0. The Balaban J connectivity index is 2.26. The highest BCUT2D eigenvalue weighted by Crippen LogP contribution is 2.32. The minimum Gasteiger partial charge on any atom is -0.436 e. The Hall–Kier alpha value is -2.00. The van der Waals surface area contributed by atoms with Crippen molar-refractivity contribution in [1.82, 2.24) is 4.98 Å². The van der Waals surface area contributed by atoms with Crippen LogP contribution in [0.1, 0.15) is 11.1 Å². The first-order valence-corrected chi connectivity index (χ1v) is 6.36. The SMILES string of the molecule is Cc1c(Cl)cccc1-c1nc2cc(N)cc(C)c2o1. The van der Waals surface area contributed by atoms with E-state index in [1.165, 1.54) is 0 Å². The van der Waals surface area contributed by atoms with Crippen LogP contribution in [0.25, 0.3) is 22.6 Å². The Labute approximate surface area is 116 Å². The first-order valence-electron chi connectivity index (χ1n) is 5.98. The Morgan fingerprint density at radius 3 is 2.79 bits per heavy atom. The highest BCUT2D eigenvalue weighted by molar-refractivity contribution is 6.31. The second-order valence-electron chi connectivity index (χ2n) is 4.62. The Bertz CT molecular complexity index is 777. The van der Waals surface area contributed by atoms with E-state index in [9.17, 15) is 0 Å². The molecule has 0 aliphatic heterocycles. The van der Waals surface area contributed by atoms with Gasteiger partial charge in [0.2, 0.25) is 5.89 Å². The van der Waals surface area contributed by atoms with E-state index in [2.05, 4.69) is 4.98 Å². The summed E-state index contributed by atoms with van der Waals surface area (Å²) in [5.74, 6) is 0.573. The van der Waals surface area contributed by atoms with Crippen LogP contribution >= 0.6 is 11.6 Å². The monoisotopic (exact) mass is 272 g/mol. The molecule has 0 fully saturated rings. The summed E-state index contributed by atoms with van der Waals surface area (Å²) in [5.41, 5.74) is 10.9. The lowest BCUT2D eigenvalue weighted by molar-refractivity contribution is 0.617. The fourth-order valence-electron chi connectivity index (χ4n) is 2.18. The fourth-order valence-corrected chi connectivity index (χ4v) is 2.36. The van der Waals surface area contributed by atoms with Crippen LogP contribution in [0, 0.1) is 13.8 Å². The van der Waals surface area contributed by atoms with Crippen molar-refractivity contribution < 1.29 is 4.42 Å². The molecule has 4 heteroatoms. The topological polar surface area (TPSA) is 52.0 Å². The molecule has 0 spiro atoms. The quantitative estimate of drug-likeness (QED) is 0.670. The zero-order valence-corrected chi connectivity index (χ0v) is 11.5. The Kier molecular flexibility index (Phi) is 2.72. The van der Waals surface area contributed by atoms with Crippen LogP contribution < -0.4 is 5.73 Å². The molecule has 3 rings (SSSR count). The van der Waals surface area contributed by atoms with Crippen LogP contribution in [-0.2, 0) is 0 Å². The lowest BCUT2D eigenvalue weighted by Crippen LogP contribution is -1.85. The van der Waals surface area contributed by atoms with Crippen molar-refractivity contribution in [3.63, 3.8) is 0 Å². The summed E-state index contributed by atoms with van der Waals surface area (Å²) < 4.78 is 5.85. The van der Waals surface area contributed by atoms with Gasteiger partial charge in [-0.05, 0) is 49.2 Å². The highest BCUT2D eigenvalue weighted by atomic mass is 35.5. The summed E-state index contributed by atoms with van der Waals surface area (Å²) in [6.45, 7) is 3.91. The standard InChI is InChI=1S/C15H13ClN2O/c1-8-6-10(17)7-13-14(8)19-15(18-13)11-4-3-5-12(16)9(11)2/h3-7H,17H2,1-2H3. The van der Waals surface area contributed by atoms with Crippen LogP contribution in [0.3, 0.4) is 0 Å². The van der Waals surface area contributed by atoms with Gasteiger partial charge in [-0.15, -0.1) is 0 Å². The lowest BCUT2D eigenvalue weighted by atomic mass is 10.1. The van der Waals surface area contributed by atoms with Gasteiger partial charge >= 0.3 is 0 Å². The Morgan fingerprint density at radius 1 is 1.21 bits per heavy atom. The molecule has 96 valence electrons. The second kappa shape index (κ2) is 4.28. The van der Waals surface area contributed by atoms with Crippen molar-refractivity contribution >= 4 is 28.4 Å². The Morgan fingerprint density at radius 2 is 2.00 bits per heavy atom. The number of halogens is 1. The van der Waals surface area contributed by atoms with Crippen LogP contribution in [0.4, 0.5) is 5.69 Å². The lowest BCUT2D eigenvalue weighted by Gasteiger charge is -2.02. The molecule has 0 saturated carbocycles. The summed E-state index contributed by atoms with van der Waals surface area (Å²) in [6, 6.07) is 9.38. The zero-order valence-electron chi connectivity index (χ0n) is 10.7. The average molecular weight is 273 g/mol. The predicted octanol–water partition coefficient (Wildman–Crippen LogP) is 4.35. The molecule has 0 unspecified atom stereocenters. The number of anilines is 1. The molecule has 1 aromatic heterocycles. The molecule has 2 N–H and O–H groups in total. The van der Waals surface area contributed by atoms with E-state index in [1.807, 2.05) is 44.2 Å². The molecule has 0 saturated heterocycles. The van der Waals surface area contributed by atoms with Crippen molar-refractivity contribution in [2.45, 2.75) is 13.8 Å². The maximum absolute atomic E-state index is 6.13. The average Bonchev–Trinajstić information content (AvgIpc) is 2.76. The zero-order chi connectivity index (χ0) is 13.6. The largest absolute Gasteiger partial charge is 0.436 e. The molecule has 19 heavy (non-hydrogen) atoms. The molecule has 0 aliphatic carbocycles. The minimum absolute atomic E-state index is 0.573. The van der Waals surface area contributed by atoms with E-state index in [0.717, 1.165) is 27.8 Å². The van der Waals surface area contributed by atoms with Crippen molar-refractivity contribution in [3.8, 4) is 11.5 Å². The van der Waals surface area contributed by atoms with Crippen molar-refractivity contribution in [2.75, 3.05) is 5.73 Å². The number of aromatic nitrogens is 1. The normalized spacial score (nSPS) is 11.1. The van der Waals surface area contributed by atoms with E-state index in [0.29, 0.717) is 16.6 Å². The van der Waals surface area contributed by atoms with Gasteiger partial charge in [0, 0.05) is 16.3 Å². The third kappa shape index (κ3) is 1.96. The van der Waals surface area contributed by atoms with Gasteiger partial charge in [0.05, 0.1) is 0 Å². The van der Waals surface area contributed by atoms with Crippen LogP contribution in [0.2, 0.25) is 5.02 Å². The molecule has 0 aliphatic rings. The number of hydrogen-bond acceptors (Lipinski definition) is 3. The van der Waals surface area contributed by atoms with Gasteiger partial charge in [-0.2, -0.15) is 0 Å². The number of benzene rings is 2. The molecule has 3 aromatic rings. The van der Waals surface area contributed by atoms with Crippen LogP contribution in [0.15, 0.2) is 34.7 Å². The summed E-state index contributed by atoms with van der Waals surface area (Å²) >= 11 is 6.13. The maximum Gasteiger partial charge on any atom is 0.227 e. The number of aryl methyl sites for hydroxylation is 1. The van der Waals surface area contributed by atoms with E-state index in [-0.39, 0.29) is 0 Å². The number of hydrogen-bond donors (Lipinski definition) is 1. The van der Waals surface area contributed by atoms with Gasteiger partial charge in [-0.1, -0.05) is 17.7 Å². The van der Waals surface area contributed by atoms with Gasteiger partial charge in [0.15, 0.2) is 5.58 Å². The van der Waals surface area contributed by atoms with E-state index >= 15 is 0 Å². The molecule has 0 atom stereocenters. The van der Waals surface area contributed by atoms with Crippen molar-refractivity contribution in [3.05, 3.63) is 46.5 Å². The molecule has 0 radical (unpaired) electrons. The number of nitrogens with two attached hydrogens (primary N) is 1. The van der Waals surface area contributed by atoms with E-state index < -0.39 is 0 Å². The maximum atomic E-state index is 6.13. The predicted molar refractivity (Wildman–Crippen MR) is 78.3 cm³/mol. The first kappa shape index (κ1) is 12.1. The molecule has 2 aromatic carbocycles. The highest BCUT2D eigenvalue weighted by Gasteiger charge is 2.13. The molecule has 0 bridgehead atoms. The summed E-state index contributed by atoms with van der Waals surface area (Å²) in [7, 11) is 0. The smallest absolute Gasteiger partial charge is 0.227 e. The van der Waals surface area contributed by atoms with Gasteiger partial charge < -0.3 is 10.2 Å². The minimum atomic E-state index is 0.573.